The fourth-order valence-electron chi connectivity index (χ4n) is 4.10. The fourth-order valence-corrected chi connectivity index (χ4v) is 4.10. The lowest BCUT2D eigenvalue weighted by atomic mass is 10.0. The first-order valence-electron chi connectivity index (χ1n) is 11.3. The second-order valence-corrected chi connectivity index (χ2v) is 8.19. The van der Waals surface area contributed by atoms with E-state index in [2.05, 4.69) is 26.6 Å². The van der Waals surface area contributed by atoms with Crippen LogP contribution in [0.2, 0.25) is 0 Å². The van der Waals surface area contributed by atoms with Crippen LogP contribution in [-0.4, -0.2) is 58.9 Å². The number of nitriles is 1. The average Bonchev–Trinajstić information content (AvgIpc) is 3.29. The lowest BCUT2D eigenvalue weighted by molar-refractivity contribution is 0.0791. The molecule has 35 heavy (non-hydrogen) atoms. The third-order valence-corrected chi connectivity index (χ3v) is 5.79. The Morgan fingerprint density at radius 2 is 2.17 bits per heavy atom. The maximum atomic E-state index is 13.4. The molecule has 0 aliphatic carbocycles. The van der Waals surface area contributed by atoms with Crippen molar-refractivity contribution in [3.63, 3.8) is 0 Å². The maximum Gasteiger partial charge on any atom is 0.164 e. The number of nitrogens with zero attached hydrogens (tertiary/aromatic N) is 6. The van der Waals surface area contributed by atoms with Crippen LogP contribution in [-0.2, 0) is 4.74 Å². The van der Waals surface area contributed by atoms with Gasteiger partial charge in [0.25, 0.3) is 0 Å². The quantitative estimate of drug-likeness (QED) is 0.288. The molecule has 3 aromatic rings. The van der Waals surface area contributed by atoms with Gasteiger partial charge in [-0.1, -0.05) is 0 Å². The predicted molar refractivity (Wildman–Crippen MR) is 129 cm³/mol. The second kappa shape index (κ2) is 11.0. The van der Waals surface area contributed by atoms with Gasteiger partial charge < -0.3 is 20.6 Å². The van der Waals surface area contributed by atoms with Gasteiger partial charge in [-0.15, -0.1) is 0 Å². The highest BCUT2D eigenvalue weighted by molar-refractivity contribution is 6.47. The second-order valence-electron chi connectivity index (χ2n) is 8.19. The Morgan fingerprint density at radius 1 is 1.37 bits per heavy atom. The number of aliphatic imine (C=N–C) groups is 1. The van der Waals surface area contributed by atoms with Gasteiger partial charge in [0.2, 0.25) is 0 Å². The maximum absolute atomic E-state index is 13.4. The van der Waals surface area contributed by atoms with Gasteiger partial charge >= 0.3 is 0 Å². The Hall–Kier alpha value is -3.88. The van der Waals surface area contributed by atoms with Crippen molar-refractivity contribution in [1.29, 1.82) is 5.26 Å². The largest absolute Gasteiger partial charge is 0.479 e. The van der Waals surface area contributed by atoms with Crippen LogP contribution < -0.4 is 15.9 Å². The summed E-state index contributed by atoms with van der Waals surface area (Å²) >= 11 is 0. The highest BCUT2D eigenvalue weighted by Gasteiger charge is 2.22. The lowest BCUT2D eigenvalue weighted by Gasteiger charge is -2.21. The van der Waals surface area contributed by atoms with E-state index >= 15 is 0 Å². The van der Waals surface area contributed by atoms with E-state index in [1.807, 2.05) is 6.92 Å². The van der Waals surface area contributed by atoms with Gasteiger partial charge in [0.05, 0.1) is 36.4 Å². The van der Waals surface area contributed by atoms with E-state index in [1.54, 1.807) is 16.8 Å². The number of hydrogen-bond donors (Lipinski definition) is 2. The normalized spacial score (nSPS) is 16.3. The molecule has 11 heteroatoms. The molecule has 0 saturated carbocycles. The predicted octanol–water partition coefficient (Wildman–Crippen LogP) is 2.38. The number of nitrogens with two attached hydrogens (primary N) is 1. The smallest absolute Gasteiger partial charge is 0.164 e. The standard InChI is InChI=1S/C24H27FN8O2/c1-15(31-19-5-7-28-8-6-19)23(32-27)16-9-21(24-17(10-26)11-30-33(24)13-16)35-22(14-34-2)20-4-3-18(25)12-29-20/h3-4,9,11-13,19,22,28H,5-8,14,27H2,1-2H3/b31-15?,32-23+. The molecule has 1 fully saturated rings. The van der Waals surface area contributed by atoms with Gasteiger partial charge in [-0.05, 0) is 51.1 Å². The van der Waals surface area contributed by atoms with Crippen molar-refractivity contribution in [2.45, 2.75) is 31.9 Å². The number of pyridine rings is 2. The molecule has 3 N–H and O–H groups in total. The minimum absolute atomic E-state index is 0.152. The molecule has 3 aromatic heterocycles. The van der Waals surface area contributed by atoms with Crippen molar-refractivity contribution in [2.24, 2.45) is 15.9 Å². The van der Waals surface area contributed by atoms with Crippen LogP contribution in [0.3, 0.4) is 0 Å². The number of hydrazone groups is 1. The number of hydrogen-bond acceptors (Lipinski definition) is 9. The van der Waals surface area contributed by atoms with Crippen LogP contribution in [0.25, 0.3) is 5.52 Å². The van der Waals surface area contributed by atoms with Crippen molar-refractivity contribution >= 4 is 16.9 Å². The van der Waals surface area contributed by atoms with Crippen LogP contribution in [0.1, 0.15) is 42.7 Å². The molecule has 0 spiro atoms. The average molecular weight is 479 g/mol. The van der Waals surface area contributed by atoms with E-state index in [1.165, 1.54) is 25.4 Å². The summed E-state index contributed by atoms with van der Waals surface area (Å²) in [6, 6.07) is 6.92. The number of nitrogens with one attached hydrogen (secondary N) is 1. The molecule has 1 aliphatic rings. The molecule has 182 valence electrons. The van der Waals surface area contributed by atoms with Gasteiger partial charge in [-0.25, -0.2) is 8.91 Å². The molecule has 10 nitrogen and oxygen atoms in total. The number of aromatic nitrogens is 3. The van der Waals surface area contributed by atoms with Crippen LogP contribution in [0.5, 0.6) is 5.75 Å². The fraction of sp³-hybridized carbons (Fsp3) is 0.375. The molecule has 0 bridgehead atoms. The molecular weight excluding hydrogens is 451 g/mol. The summed E-state index contributed by atoms with van der Waals surface area (Å²) in [4.78, 5) is 8.97. The Kier molecular flexibility index (Phi) is 7.64. The Balaban J connectivity index is 1.76. The van der Waals surface area contributed by atoms with E-state index in [0.29, 0.717) is 39.5 Å². The number of methoxy groups -OCH3 is 1. The number of ether oxygens (including phenoxy) is 2. The first-order valence-corrected chi connectivity index (χ1v) is 11.3. The first-order chi connectivity index (χ1) is 17.0. The van der Waals surface area contributed by atoms with Crippen LogP contribution in [0.4, 0.5) is 4.39 Å². The number of fused-ring (bicyclic) bond motifs is 1. The highest BCUT2D eigenvalue weighted by atomic mass is 19.1. The minimum atomic E-state index is -0.663. The van der Waals surface area contributed by atoms with Gasteiger partial charge in [0, 0.05) is 18.9 Å². The monoisotopic (exact) mass is 478 g/mol. The van der Waals surface area contributed by atoms with Crippen LogP contribution >= 0.6 is 0 Å². The third-order valence-electron chi connectivity index (χ3n) is 5.79. The molecular formula is C24H27FN8O2. The van der Waals surface area contributed by atoms with Gasteiger partial charge in [-0.2, -0.15) is 15.5 Å². The number of halogens is 1. The Bertz CT molecular complexity index is 1270. The summed E-state index contributed by atoms with van der Waals surface area (Å²) in [6.45, 7) is 3.86. The SMILES string of the molecule is COCC(Oc1cc(/C(=N/N)C(C)=NC2CCNCC2)cn2ncc(C#N)c12)c1ccc(F)cn1. The Morgan fingerprint density at radius 3 is 2.83 bits per heavy atom. The summed E-state index contributed by atoms with van der Waals surface area (Å²) in [5.74, 6) is 5.70. The van der Waals surface area contributed by atoms with E-state index in [4.69, 9.17) is 20.3 Å². The third kappa shape index (κ3) is 5.45. The summed E-state index contributed by atoms with van der Waals surface area (Å²) in [7, 11) is 1.53. The summed E-state index contributed by atoms with van der Waals surface area (Å²) in [5.41, 5.74) is 3.11. The number of piperidine rings is 1. The van der Waals surface area contributed by atoms with Crippen LogP contribution in [0.15, 0.2) is 46.9 Å². The summed E-state index contributed by atoms with van der Waals surface area (Å²) < 4.78 is 26.6. The molecule has 1 unspecified atom stereocenters. The zero-order valence-corrected chi connectivity index (χ0v) is 19.6. The van der Waals surface area contributed by atoms with Gasteiger partial charge in [0.15, 0.2) is 6.10 Å². The van der Waals surface area contributed by atoms with E-state index in [-0.39, 0.29) is 12.6 Å². The molecule has 1 atom stereocenters. The lowest BCUT2D eigenvalue weighted by Crippen LogP contribution is -2.31. The first kappa shape index (κ1) is 24.3. The molecule has 4 heterocycles. The van der Waals surface area contributed by atoms with Crippen LogP contribution in [0, 0.1) is 17.1 Å². The molecule has 0 amide bonds. The zero-order valence-electron chi connectivity index (χ0n) is 19.6. The Labute approximate surface area is 202 Å². The minimum Gasteiger partial charge on any atom is -0.479 e. The van der Waals surface area contributed by atoms with Crippen molar-refractivity contribution in [2.75, 3.05) is 26.8 Å². The zero-order chi connectivity index (χ0) is 24.8. The molecule has 0 aromatic carbocycles. The van der Waals surface area contributed by atoms with Crippen molar-refractivity contribution < 1.29 is 13.9 Å². The number of rotatable bonds is 8. The van der Waals surface area contributed by atoms with Gasteiger partial charge in [-0.3, -0.25) is 9.98 Å². The molecule has 4 rings (SSSR count). The van der Waals surface area contributed by atoms with E-state index in [9.17, 15) is 9.65 Å². The van der Waals surface area contributed by atoms with Gasteiger partial charge in [0.1, 0.15) is 34.4 Å². The highest BCUT2D eigenvalue weighted by Crippen LogP contribution is 2.30. The summed E-state index contributed by atoms with van der Waals surface area (Å²) in [5, 5.41) is 21.3. The molecule has 1 saturated heterocycles. The van der Waals surface area contributed by atoms with Crippen molar-refractivity contribution in [1.82, 2.24) is 19.9 Å². The van der Waals surface area contributed by atoms with Crippen molar-refractivity contribution in [3.8, 4) is 11.8 Å². The van der Waals surface area contributed by atoms with Crippen molar-refractivity contribution in [3.05, 3.63) is 59.4 Å². The summed E-state index contributed by atoms with van der Waals surface area (Å²) in [6.07, 6.45) is 5.53. The van der Waals surface area contributed by atoms with E-state index in [0.717, 1.165) is 32.1 Å². The molecule has 1 aliphatic heterocycles. The molecule has 0 radical (unpaired) electrons. The van der Waals surface area contributed by atoms with E-state index < -0.39 is 11.9 Å². The topological polar surface area (TPSA) is 135 Å².